The molecule has 0 aliphatic carbocycles. The average Bonchev–Trinajstić information content (AvgIpc) is 2.46. The summed E-state index contributed by atoms with van der Waals surface area (Å²) in [6.07, 6.45) is 5.02. The first-order valence-corrected chi connectivity index (χ1v) is 6.62. The van der Waals surface area contributed by atoms with E-state index in [0.29, 0.717) is 6.04 Å². The average molecular weight is 242 g/mol. The molecule has 0 aromatic heterocycles. The van der Waals surface area contributed by atoms with E-state index in [1.807, 2.05) is 12.2 Å². The zero-order valence-corrected chi connectivity index (χ0v) is 11.0. The third kappa shape index (κ3) is 3.02. The van der Waals surface area contributed by atoms with Crippen molar-refractivity contribution in [3.05, 3.63) is 55.6 Å². The summed E-state index contributed by atoms with van der Waals surface area (Å²) in [5.41, 5.74) is 1.33. The predicted octanol–water partition coefficient (Wildman–Crippen LogP) is 2.94. The molecule has 1 aromatic carbocycles. The van der Waals surface area contributed by atoms with Crippen LogP contribution < -0.4 is 4.90 Å². The van der Waals surface area contributed by atoms with Crippen LogP contribution >= 0.6 is 0 Å². The molecule has 1 aliphatic rings. The molecular weight excluding hydrogens is 220 g/mol. The van der Waals surface area contributed by atoms with Crippen molar-refractivity contribution in [3.8, 4) is 0 Å². The van der Waals surface area contributed by atoms with Crippen LogP contribution in [0.5, 0.6) is 0 Å². The second-order valence-electron chi connectivity index (χ2n) is 4.69. The molecular formula is C16H22N2. The van der Waals surface area contributed by atoms with E-state index in [-0.39, 0.29) is 0 Å². The normalized spacial score (nSPS) is 18.3. The molecule has 0 spiro atoms. The minimum Gasteiger partial charge on any atom is -0.369 e. The Morgan fingerprint density at radius 2 is 1.72 bits per heavy atom. The Morgan fingerprint density at radius 1 is 1.06 bits per heavy atom. The second-order valence-corrected chi connectivity index (χ2v) is 4.69. The molecule has 2 nitrogen and oxygen atoms in total. The van der Waals surface area contributed by atoms with Crippen molar-refractivity contribution in [1.29, 1.82) is 0 Å². The van der Waals surface area contributed by atoms with E-state index in [9.17, 15) is 0 Å². The fraction of sp³-hybridized carbons (Fsp3) is 0.375. The fourth-order valence-electron chi connectivity index (χ4n) is 2.52. The number of hydrogen-bond acceptors (Lipinski definition) is 2. The van der Waals surface area contributed by atoms with Crippen molar-refractivity contribution in [2.45, 2.75) is 12.5 Å². The Morgan fingerprint density at radius 3 is 2.28 bits per heavy atom. The number of para-hydroxylation sites is 1. The van der Waals surface area contributed by atoms with Crippen LogP contribution in [0.1, 0.15) is 6.42 Å². The quantitative estimate of drug-likeness (QED) is 0.733. The lowest BCUT2D eigenvalue weighted by molar-refractivity contribution is 0.217. The van der Waals surface area contributed by atoms with Gasteiger partial charge in [0.2, 0.25) is 0 Å². The Kier molecular flexibility index (Phi) is 4.59. The van der Waals surface area contributed by atoms with Crippen LogP contribution in [0.3, 0.4) is 0 Å². The van der Waals surface area contributed by atoms with Gasteiger partial charge in [-0.05, 0) is 18.6 Å². The van der Waals surface area contributed by atoms with Crippen LogP contribution in [-0.4, -0.2) is 37.1 Å². The summed E-state index contributed by atoms with van der Waals surface area (Å²) < 4.78 is 0. The van der Waals surface area contributed by atoms with Crippen LogP contribution in [0.4, 0.5) is 5.69 Å². The van der Waals surface area contributed by atoms with Gasteiger partial charge in [-0.2, -0.15) is 0 Å². The Bertz CT molecular complexity index is 377. The molecule has 1 saturated heterocycles. The SMILES string of the molecule is C=CCC(C=C)N1CCN(c2ccccc2)CC1. The summed E-state index contributed by atoms with van der Waals surface area (Å²) in [6, 6.07) is 11.1. The van der Waals surface area contributed by atoms with Gasteiger partial charge >= 0.3 is 0 Å². The minimum atomic E-state index is 0.445. The summed E-state index contributed by atoms with van der Waals surface area (Å²) in [7, 11) is 0. The van der Waals surface area contributed by atoms with Crippen molar-refractivity contribution in [2.75, 3.05) is 31.1 Å². The lowest BCUT2D eigenvalue weighted by atomic mass is 10.1. The fourth-order valence-corrected chi connectivity index (χ4v) is 2.52. The smallest absolute Gasteiger partial charge is 0.0367 e. The first-order chi connectivity index (χ1) is 8.85. The molecule has 0 amide bonds. The number of rotatable bonds is 5. The predicted molar refractivity (Wildman–Crippen MR) is 79.0 cm³/mol. The lowest BCUT2D eigenvalue weighted by Crippen LogP contribution is -2.49. The van der Waals surface area contributed by atoms with E-state index in [2.05, 4.69) is 53.3 Å². The molecule has 2 rings (SSSR count). The Labute approximate surface area is 110 Å². The van der Waals surface area contributed by atoms with Gasteiger partial charge < -0.3 is 4.90 Å². The third-order valence-electron chi connectivity index (χ3n) is 3.58. The van der Waals surface area contributed by atoms with Crippen LogP contribution in [0.15, 0.2) is 55.6 Å². The number of nitrogens with zero attached hydrogens (tertiary/aromatic N) is 2. The van der Waals surface area contributed by atoms with Crippen LogP contribution in [0.2, 0.25) is 0 Å². The summed E-state index contributed by atoms with van der Waals surface area (Å²) in [5, 5.41) is 0. The maximum Gasteiger partial charge on any atom is 0.0367 e. The van der Waals surface area contributed by atoms with Gasteiger partial charge in [0, 0.05) is 37.9 Å². The van der Waals surface area contributed by atoms with Crippen molar-refractivity contribution >= 4 is 5.69 Å². The number of piperazine rings is 1. The molecule has 0 bridgehead atoms. The van der Waals surface area contributed by atoms with Crippen LogP contribution in [0, 0.1) is 0 Å². The van der Waals surface area contributed by atoms with E-state index in [1.54, 1.807) is 0 Å². The molecule has 0 saturated carbocycles. The van der Waals surface area contributed by atoms with E-state index < -0.39 is 0 Å². The standard InChI is InChI=1S/C16H22N2/c1-3-8-15(4-2)17-11-13-18(14-12-17)16-9-6-5-7-10-16/h3-7,9-10,15H,1-2,8,11-14H2. The van der Waals surface area contributed by atoms with Gasteiger partial charge in [0.25, 0.3) is 0 Å². The van der Waals surface area contributed by atoms with Crippen LogP contribution in [-0.2, 0) is 0 Å². The molecule has 96 valence electrons. The third-order valence-corrected chi connectivity index (χ3v) is 3.58. The van der Waals surface area contributed by atoms with Gasteiger partial charge in [-0.3, -0.25) is 4.90 Å². The minimum absolute atomic E-state index is 0.445. The van der Waals surface area contributed by atoms with Gasteiger partial charge in [-0.15, -0.1) is 13.2 Å². The molecule has 1 fully saturated rings. The molecule has 1 aromatic rings. The highest BCUT2D eigenvalue weighted by Gasteiger charge is 2.21. The molecule has 2 heteroatoms. The van der Waals surface area contributed by atoms with Crippen molar-refractivity contribution in [2.24, 2.45) is 0 Å². The highest BCUT2D eigenvalue weighted by Crippen LogP contribution is 2.17. The number of anilines is 1. The molecule has 1 atom stereocenters. The van der Waals surface area contributed by atoms with Gasteiger partial charge in [0.05, 0.1) is 0 Å². The second kappa shape index (κ2) is 6.41. The molecule has 18 heavy (non-hydrogen) atoms. The van der Waals surface area contributed by atoms with Gasteiger partial charge in [-0.1, -0.05) is 30.4 Å². The molecule has 1 heterocycles. The van der Waals surface area contributed by atoms with E-state index in [1.165, 1.54) is 5.69 Å². The first kappa shape index (κ1) is 12.9. The van der Waals surface area contributed by atoms with Crippen molar-refractivity contribution < 1.29 is 0 Å². The highest BCUT2D eigenvalue weighted by molar-refractivity contribution is 5.46. The highest BCUT2D eigenvalue weighted by atomic mass is 15.3. The monoisotopic (exact) mass is 242 g/mol. The topological polar surface area (TPSA) is 6.48 Å². The maximum absolute atomic E-state index is 3.93. The summed E-state index contributed by atoms with van der Waals surface area (Å²) in [5.74, 6) is 0. The zero-order chi connectivity index (χ0) is 12.8. The van der Waals surface area contributed by atoms with Gasteiger partial charge in [-0.25, -0.2) is 0 Å². The first-order valence-electron chi connectivity index (χ1n) is 6.62. The maximum atomic E-state index is 3.93. The largest absolute Gasteiger partial charge is 0.369 e. The summed E-state index contributed by atoms with van der Waals surface area (Å²) in [6.45, 7) is 12.1. The van der Waals surface area contributed by atoms with Crippen LogP contribution in [0.25, 0.3) is 0 Å². The molecule has 0 radical (unpaired) electrons. The number of hydrogen-bond donors (Lipinski definition) is 0. The van der Waals surface area contributed by atoms with Gasteiger partial charge in [0.1, 0.15) is 0 Å². The zero-order valence-electron chi connectivity index (χ0n) is 11.0. The Hall–Kier alpha value is -1.54. The molecule has 1 unspecified atom stereocenters. The molecule has 0 N–H and O–H groups in total. The summed E-state index contributed by atoms with van der Waals surface area (Å²) >= 11 is 0. The van der Waals surface area contributed by atoms with Crippen molar-refractivity contribution in [3.63, 3.8) is 0 Å². The van der Waals surface area contributed by atoms with E-state index in [0.717, 1.165) is 32.6 Å². The van der Waals surface area contributed by atoms with Gasteiger partial charge in [0.15, 0.2) is 0 Å². The Balaban J connectivity index is 1.91. The van der Waals surface area contributed by atoms with E-state index in [4.69, 9.17) is 0 Å². The lowest BCUT2D eigenvalue weighted by Gasteiger charge is -2.39. The van der Waals surface area contributed by atoms with E-state index >= 15 is 0 Å². The molecule has 1 aliphatic heterocycles. The number of benzene rings is 1. The van der Waals surface area contributed by atoms with Crippen molar-refractivity contribution in [1.82, 2.24) is 4.90 Å². The summed E-state index contributed by atoms with van der Waals surface area (Å²) in [4.78, 5) is 4.94.